The second-order valence-electron chi connectivity index (χ2n) is 5.34. The lowest BCUT2D eigenvalue weighted by molar-refractivity contribution is -0.148. The lowest BCUT2D eigenvalue weighted by atomic mass is 9.76. The number of carboxylic acids is 1. The fourth-order valence-corrected chi connectivity index (χ4v) is 2.66. The van der Waals surface area contributed by atoms with E-state index in [4.69, 9.17) is 0 Å². The van der Waals surface area contributed by atoms with E-state index in [0.717, 1.165) is 16.6 Å². The molecule has 22 heavy (non-hydrogen) atoms. The van der Waals surface area contributed by atoms with Gasteiger partial charge < -0.3 is 15.0 Å². The van der Waals surface area contributed by atoms with E-state index in [9.17, 15) is 14.7 Å². The first kappa shape index (κ1) is 14.8. The summed E-state index contributed by atoms with van der Waals surface area (Å²) in [5.74, 6) is -1.45. The Balaban J connectivity index is 1.77. The van der Waals surface area contributed by atoms with E-state index in [1.54, 1.807) is 10.8 Å². The van der Waals surface area contributed by atoms with Gasteiger partial charge in [-0.2, -0.15) is 0 Å². The summed E-state index contributed by atoms with van der Waals surface area (Å²) in [7, 11) is 0. The lowest BCUT2D eigenvalue weighted by Crippen LogP contribution is -2.59. The molecule has 7 heteroatoms. The van der Waals surface area contributed by atoms with Crippen molar-refractivity contribution < 1.29 is 14.7 Å². The number of nitrogens with zero attached hydrogens (tertiary/aromatic N) is 2. The number of aliphatic carboxylic acids is 1. The van der Waals surface area contributed by atoms with Crippen LogP contribution in [0, 0.1) is 0 Å². The van der Waals surface area contributed by atoms with Crippen molar-refractivity contribution >= 4 is 27.8 Å². The van der Waals surface area contributed by atoms with Crippen LogP contribution in [0.3, 0.4) is 0 Å². The van der Waals surface area contributed by atoms with Gasteiger partial charge in [0.25, 0.3) is 5.91 Å². The average Bonchev–Trinajstić information content (AvgIpc) is 2.93. The molecular weight excluding hydrogens is 350 g/mol. The average molecular weight is 364 g/mol. The number of nitrogens with one attached hydrogen (secondary N) is 1. The molecule has 0 atom stereocenters. The molecule has 2 aromatic rings. The predicted octanol–water partition coefficient (Wildman–Crippen LogP) is 2.37. The van der Waals surface area contributed by atoms with Crippen molar-refractivity contribution in [2.75, 3.05) is 0 Å². The Kier molecular flexibility index (Phi) is 3.74. The molecule has 0 bridgehead atoms. The fourth-order valence-electron chi connectivity index (χ4n) is 2.40. The van der Waals surface area contributed by atoms with Crippen molar-refractivity contribution in [3.05, 3.63) is 47.0 Å². The van der Waals surface area contributed by atoms with Gasteiger partial charge in [-0.25, -0.2) is 9.78 Å². The zero-order valence-electron chi connectivity index (χ0n) is 11.6. The fraction of sp³-hybridized carbons (Fsp3) is 0.267. The van der Waals surface area contributed by atoms with Gasteiger partial charge in [-0.15, -0.1) is 0 Å². The molecule has 0 unspecified atom stereocenters. The van der Waals surface area contributed by atoms with Crippen LogP contribution in [0.15, 0.2) is 41.3 Å². The van der Waals surface area contributed by atoms with Crippen LogP contribution in [-0.2, 0) is 4.79 Å². The number of benzene rings is 1. The number of carbonyl (C=O) groups excluding carboxylic acids is 1. The van der Waals surface area contributed by atoms with Gasteiger partial charge in [0.2, 0.25) is 0 Å². The van der Waals surface area contributed by atoms with Crippen LogP contribution in [0.1, 0.15) is 29.8 Å². The number of carbonyl (C=O) groups is 2. The van der Waals surface area contributed by atoms with Gasteiger partial charge in [0.1, 0.15) is 17.6 Å². The number of imidazole rings is 1. The van der Waals surface area contributed by atoms with Crippen LogP contribution in [0.2, 0.25) is 0 Å². The predicted molar refractivity (Wildman–Crippen MR) is 82.9 cm³/mol. The summed E-state index contributed by atoms with van der Waals surface area (Å²) >= 11 is 3.36. The first-order valence-corrected chi connectivity index (χ1v) is 7.65. The van der Waals surface area contributed by atoms with Crippen molar-refractivity contribution in [2.45, 2.75) is 24.8 Å². The topological polar surface area (TPSA) is 84.2 Å². The standard InChI is InChI=1S/C15H14BrN3O3/c16-10-2-4-11(5-3-10)19-8-12(17-9-19)13(20)18-15(14(21)22)6-1-7-15/h2-5,8-9H,1,6-7H2,(H,18,20)(H,21,22). The number of hydrogen-bond donors (Lipinski definition) is 2. The van der Waals surface area contributed by atoms with Crippen LogP contribution >= 0.6 is 15.9 Å². The molecule has 3 rings (SSSR count). The first-order valence-electron chi connectivity index (χ1n) is 6.86. The maximum atomic E-state index is 12.2. The highest BCUT2D eigenvalue weighted by molar-refractivity contribution is 9.10. The van der Waals surface area contributed by atoms with E-state index in [1.807, 2.05) is 24.3 Å². The number of amides is 1. The summed E-state index contributed by atoms with van der Waals surface area (Å²) in [6.07, 6.45) is 4.85. The largest absolute Gasteiger partial charge is 0.480 e. The molecule has 1 aliphatic carbocycles. The Bertz CT molecular complexity index is 720. The molecule has 1 saturated carbocycles. The van der Waals surface area contributed by atoms with E-state index in [-0.39, 0.29) is 5.69 Å². The van der Waals surface area contributed by atoms with Gasteiger partial charge in [-0.3, -0.25) is 4.79 Å². The molecule has 1 aliphatic rings. The zero-order valence-corrected chi connectivity index (χ0v) is 13.2. The first-order chi connectivity index (χ1) is 10.5. The number of rotatable bonds is 4. The van der Waals surface area contributed by atoms with Crippen LogP contribution in [0.4, 0.5) is 0 Å². The van der Waals surface area contributed by atoms with Crippen molar-refractivity contribution in [1.82, 2.24) is 14.9 Å². The second kappa shape index (κ2) is 5.57. The maximum absolute atomic E-state index is 12.2. The molecular formula is C15H14BrN3O3. The molecule has 6 nitrogen and oxygen atoms in total. The molecule has 1 fully saturated rings. The van der Waals surface area contributed by atoms with Crippen LogP contribution in [0.25, 0.3) is 5.69 Å². The lowest BCUT2D eigenvalue weighted by Gasteiger charge is -2.37. The third-order valence-electron chi connectivity index (χ3n) is 3.91. The molecule has 1 aromatic carbocycles. The minimum absolute atomic E-state index is 0.204. The van der Waals surface area contributed by atoms with Crippen LogP contribution in [-0.4, -0.2) is 32.1 Å². The summed E-state index contributed by atoms with van der Waals surface area (Å²) in [4.78, 5) is 27.5. The summed E-state index contributed by atoms with van der Waals surface area (Å²) in [5.41, 5.74) is -0.0554. The molecule has 0 saturated heterocycles. The van der Waals surface area contributed by atoms with E-state index in [0.29, 0.717) is 12.8 Å². The Labute approximate surface area is 135 Å². The highest BCUT2D eigenvalue weighted by atomic mass is 79.9. The summed E-state index contributed by atoms with van der Waals surface area (Å²) < 4.78 is 2.68. The van der Waals surface area contributed by atoms with Gasteiger partial charge in [0, 0.05) is 16.4 Å². The molecule has 0 radical (unpaired) electrons. The molecule has 1 aromatic heterocycles. The minimum Gasteiger partial charge on any atom is -0.480 e. The Hall–Kier alpha value is -2.15. The number of aromatic nitrogens is 2. The van der Waals surface area contributed by atoms with Crippen molar-refractivity contribution in [3.8, 4) is 5.69 Å². The van der Waals surface area contributed by atoms with E-state index >= 15 is 0 Å². The van der Waals surface area contributed by atoms with Crippen molar-refractivity contribution in [2.24, 2.45) is 0 Å². The summed E-state index contributed by atoms with van der Waals surface area (Å²) in [6, 6.07) is 7.56. The van der Waals surface area contributed by atoms with Gasteiger partial charge >= 0.3 is 5.97 Å². The molecule has 0 aliphatic heterocycles. The number of halogens is 1. The zero-order chi connectivity index (χ0) is 15.7. The van der Waals surface area contributed by atoms with Gasteiger partial charge in [0.05, 0.1) is 0 Å². The van der Waals surface area contributed by atoms with Crippen molar-refractivity contribution in [1.29, 1.82) is 0 Å². The third-order valence-corrected chi connectivity index (χ3v) is 4.44. The Morgan fingerprint density at radius 3 is 2.50 bits per heavy atom. The summed E-state index contributed by atoms with van der Waals surface area (Å²) in [5, 5.41) is 11.8. The minimum atomic E-state index is -1.13. The third kappa shape index (κ3) is 2.64. The van der Waals surface area contributed by atoms with E-state index in [2.05, 4.69) is 26.2 Å². The highest BCUT2D eigenvalue weighted by Gasteiger charge is 2.46. The second-order valence-corrected chi connectivity index (χ2v) is 6.25. The molecule has 0 spiro atoms. The van der Waals surface area contributed by atoms with Gasteiger partial charge in [0.15, 0.2) is 0 Å². The quantitative estimate of drug-likeness (QED) is 0.873. The molecule has 1 heterocycles. The normalized spacial score (nSPS) is 15.9. The molecule has 1 amide bonds. The highest BCUT2D eigenvalue weighted by Crippen LogP contribution is 2.32. The van der Waals surface area contributed by atoms with Crippen LogP contribution in [0.5, 0.6) is 0 Å². The molecule has 2 N–H and O–H groups in total. The van der Waals surface area contributed by atoms with Crippen molar-refractivity contribution in [3.63, 3.8) is 0 Å². The van der Waals surface area contributed by atoms with Gasteiger partial charge in [-0.05, 0) is 43.5 Å². The Morgan fingerprint density at radius 2 is 1.95 bits per heavy atom. The summed E-state index contributed by atoms with van der Waals surface area (Å²) in [6.45, 7) is 0. The van der Waals surface area contributed by atoms with Gasteiger partial charge in [-0.1, -0.05) is 15.9 Å². The SMILES string of the molecule is O=C(NC1(C(=O)O)CCC1)c1cn(-c2ccc(Br)cc2)cn1. The van der Waals surface area contributed by atoms with E-state index < -0.39 is 17.4 Å². The maximum Gasteiger partial charge on any atom is 0.329 e. The number of carboxylic acid groups (broad SMARTS) is 1. The number of hydrogen-bond acceptors (Lipinski definition) is 3. The molecule has 114 valence electrons. The van der Waals surface area contributed by atoms with Crippen LogP contribution < -0.4 is 5.32 Å². The smallest absolute Gasteiger partial charge is 0.329 e. The van der Waals surface area contributed by atoms with E-state index in [1.165, 1.54) is 6.33 Å². The Morgan fingerprint density at radius 1 is 1.27 bits per heavy atom. The monoisotopic (exact) mass is 363 g/mol.